The molecule has 40 heavy (non-hydrogen) atoms. The topological polar surface area (TPSA) is 85.7 Å². The second kappa shape index (κ2) is 9.89. The number of hydrogen-bond donors (Lipinski definition) is 0. The Morgan fingerprint density at radius 2 is 1.93 bits per heavy atom. The summed E-state index contributed by atoms with van der Waals surface area (Å²) in [4.78, 5) is 19.1. The molecule has 0 N–H and O–H groups in total. The van der Waals surface area contributed by atoms with Crippen LogP contribution in [0, 0.1) is 17.1 Å². The van der Waals surface area contributed by atoms with Crippen LogP contribution in [0.4, 0.5) is 10.1 Å². The van der Waals surface area contributed by atoms with Crippen LogP contribution in [0.2, 0.25) is 0 Å². The van der Waals surface area contributed by atoms with Crippen molar-refractivity contribution in [3.8, 4) is 6.07 Å². The Bertz CT molecular complexity index is 1640. The van der Waals surface area contributed by atoms with Gasteiger partial charge < -0.3 is 9.80 Å². The van der Waals surface area contributed by atoms with E-state index in [1.165, 1.54) is 16.3 Å². The molecule has 2 saturated heterocycles. The maximum Gasteiger partial charge on any atom is 0.236 e. The minimum Gasteiger partial charge on any atom is -0.362 e. The summed E-state index contributed by atoms with van der Waals surface area (Å²) in [6.45, 7) is 7.66. The minimum atomic E-state index is -0.431. The molecule has 1 atom stereocenters. The molecule has 0 spiro atoms. The molecule has 0 radical (unpaired) electrons. The number of nitriles is 1. The first-order chi connectivity index (χ1) is 19.5. The van der Waals surface area contributed by atoms with Gasteiger partial charge in [0.25, 0.3) is 0 Å². The molecule has 10 heteroatoms. The molecule has 1 amide bonds. The first-order valence-corrected chi connectivity index (χ1v) is 14.3. The molecule has 2 fully saturated rings. The predicted octanol–water partition coefficient (Wildman–Crippen LogP) is 4.08. The van der Waals surface area contributed by atoms with Crippen molar-refractivity contribution >= 4 is 28.0 Å². The number of rotatable bonds is 4. The standard InChI is InChI=1S/C30H33FN8O/c1-20-17-37(27-7-5-23(15-32)39-30(27)25(31)16-33-39)18-28-24-6-4-22(14-26(24)34-38(20)28)21-8-12-35(13-9-21)19-29(40)36-10-2-3-11-36/h4-7,14,16,20-21H,2-3,8-13,17-19H2,1H3/t20-/m1/s1. The van der Waals surface area contributed by atoms with Crippen molar-refractivity contribution in [3.63, 3.8) is 0 Å². The molecular formula is C30H33FN8O. The SMILES string of the molecule is C[C@@H]1CN(c2ccc(C#N)n3ncc(F)c23)Cc2c3ccc(C4CCN(CC(=O)N5CCCC5)CC4)cc3nn21. The lowest BCUT2D eigenvalue weighted by molar-refractivity contribution is -0.131. The fourth-order valence-corrected chi connectivity index (χ4v) is 6.85. The number of aromatic nitrogens is 4. The third kappa shape index (κ3) is 4.20. The monoisotopic (exact) mass is 540 g/mol. The van der Waals surface area contributed by atoms with E-state index in [0.717, 1.165) is 74.1 Å². The summed E-state index contributed by atoms with van der Waals surface area (Å²) < 4.78 is 18.3. The lowest BCUT2D eigenvalue weighted by Gasteiger charge is -2.34. The zero-order valence-corrected chi connectivity index (χ0v) is 22.8. The number of fused-ring (bicyclic) bond motifs is 4. The minimum absolute atomic E-state index is 0.0951. The van der Waals surface area contributed by atoms with Crippen LogP contribution in [0.15, 0.2) is 36.5 Å². The Morgan fingerprint density at radius 1 is 1.12 bits per heavy atom. The highest BCUT2D eigenvalue weighted by Crippen LogP contribution is 2.36. The molecule has 0 saturated carbocycles. The average molecular weight is 541 g/mol. The van der Waals surface area contributed by atoms with E-state index in [2.05, 4.69) is 50.8 Å². The Labute approximate surface area is 232 Å². The van der Waals surface area contributed by atoms with E-state index < -0.39 is 5.82 Å². The highest BCUT2D eigenvalue weighted by atomic mass is 19.1. The second-order valence-electron chi connectivity index (χ2n) is 11.5. The van der Waals surface area contributed by atoms with Crippen LogP contribution in [0.5, 0.6) is 0 Å². The summed E-state index contributed by atoms with van der Waals surface area (Å²) in [5.74, 6) is 0.314. The highest BCUT2D eigenvalue weighted by molar-refractivity contribution is 5.84. The average Bonchev–Trinajstić information content (AvgIpc) is 3.72. The molecule has 3 aliphatic rings. The van der Waals surface area contributed by atoms with Gasteiger partial charge in [0.2, 0.25) is 5.91 Å². The Hall–Kier alpha value is -3.97. The van der Waals surface area contributed by atoms with E-state index in [9.17, 15) is 14.4 Å². The van der Waals surface area contributed by atoms with Gasteiger partial charge in [-0.25, -0.2) is 8.91 Å². The molecule has 6 heterocycles. The van der Waals surface area contributed by atoms with Crippen molar-refractivity contribution in [2.75, 3.05) is 44.2 Å². The number of carbonyl (C=O) groups is 1. The Morgan fingerprint density at radius 3 is 2.70 bits per heavy atom. The molecule has 4 aromatic rings. The number of benzene rings is 1. The number of hydrogen-bond acceptors (Lipinski definition) is 6. The molecule has 0 bridgehead atoms. The van der Waals surface area contributed by atoms with Crippen LogP contribution in [-0.4, -0.2) is 74.4 Å². The summed E-state index contributed by atoms with van der Waals surface area (Å²) in [5, 5.41) is 19.7. The number of nitrogens with zero attached hydrogens (tertiary/aromatic N) is 8. The van der Waals surface area contributed by atoms with Crippen LogP contribution in [0.25, 0.3) is 16.4 Å². The molecule has 9 nitrogen and oxygen atoms in total. The maximum absolute atomic E-state index is 14.8. The van der Waals surface area contributed by atoms with Crippen LogP contribution in [0.1, 0.15) is 61.5 Å². The maximum atomic E-state index is 14.8. The zero-order chi connectivity index (χ0) is 27.4. The molecule has 3 aromatic heterocycles. The third-order valence-electron chi connectivity index (χ3n) is 8.99. The van der Waals surface area contributed by atoms with E-state index in [1.807, 2.05) is 11.0 Å². The summed E-state index contributed by atoms with van der Waals surface area (Å²) in [6, 6.07) is 12.4. The fourth-order valence-electron chi connectivity index (χ4n) is 6.85. The van der Waals surface area contributed by atoms with E-state index in [-0.39, 0.29) is 11.9 Å². The lowest BCUT2D eigenvalue weighted by atomic mass is 9.89. The van der Waals surface area contributed by atoms with Gasteiger partial charge in [0.1, 0.15) is 17.3 Å². The van der Waals surface area contributed by atoms with Gasteiger partial charge in [-0.2, -0.15) is 15.5 Å². The summed E-state index contributed by atoms with van der Waals surface area (Å²) in [7, 11) is 0. The molecule has 3 aliphatic heterocycles. The number of likely N-dealkylation sites (tertiary alicyclic amines) is 2. The van der Waals surface area contributed by atoms with Gasteiger partial charge in [0.05, 0.1) is 42.2 Å². The van der Waals surface area contributed by atoms with Crippen molar-refractivity contribution in [2.45, 2.75) is 51.1 Å². The number of pyridine rings is 1. The van der Waals surface area contributed by atoms with Gasteiger partial charge in [-0.05, 0) is 75.4 Å². The number of piperidine rings is 1. The smallest absolute Gasteiger partial charge is 0.236 e. The molecule has 206 valence electrons. The number of anilines is 1. The van der Waals surface area contributed by atoms with Gasteiger partial charge in [-0.15, -0.1) is 0 Å². The summed E-state index contributed by atoms with van der Waals surface area (Å²) in [5.41, 5.74) is 4.78. The van der Waals surface area contributed by atoms with E-state index >= 15 is 0 Å². The summed E-state index contributed by atoms with van der Waals surface area (Å²) in [6.07, 6.45) is 5.52. The molecule has 0 aliphatic carbocycles. The predicted molar refractivity (Wildman–Crippen MR) is 150 cm³/mol. The van der Waals surface area contributed by atoms with Crippen molar-refractivity contribution in [3.05, 3.63) is 59.3 Å². The van der Waals surface area contributed by atoms with E-state index in [0.29, 0.717) is 36.8 Å². The normalized spacial score (nSPS) is 20.4. The Kier molecular flexibility index (Phi) is 6.19. The van der Waals surface area contributed by atoms with Crippen LogP contribution in [0.3, 0.4) is 0 Å². The third-order valence-corrected chi connectivity index (χ3v) is 8.99. The van der Waals surface area contributed by atoms with Crippen molar-refractivity contribution < 1.29 is 9.18 Å². The van der Waals surface area contributed by atoms with Gasteiger partial charge in [-0.1, -0.05) is 12.1 Å². The molecular weight excluding hydrogens is 507 g/mol. The van der Waals surface area contributed by atoms with Gasteiger partial charge >= 0.3 is 0 Å². The van der Waals surface area contributed by atoms with Crippen molar-refractivity contribution in [2.24, 2.45) is 0 Å². The van der Waals surface area contributed by atoms with Crippen molar-refractivity contribution in [1.82, 2.24) is 29.2 Å². The first kappa shape index (κ1) is 25.0. The molecule has 0 unspecified atom stereocenters. The van der Waals surface area contributed by atoms with E-state index in [1.54, 1.807) is 6.07 Å². The van der Waals surface area contributed by atoms with Gasteiger partial charge in [0.15, 0.2) is 5.82 Å². The fraction of sp³-hybridized carbons (Fsp3) is 0.467. The molecule has 7 rings (SSSR count). The number of carbonyl (C=O) groups excluding carboxylic acids is 1. The lowest BCUT2D eigenvalue weighted by Crippen LogP contribution is -2.42. The van der Waals surface area contributed by atoms with Gasteiger partial charge in [0, 0.05) is 25.0 Å². The first-order valence-electron chi connectivity index (χ1n) is 14.3. The highest BCUT2D eigenvalue weighted by Gasteiger charge is 2.29. The second-order valence-corrected chi connectivity index (χ2v) is 11.5. The Balaban J connectivity index is 1.10. The number of amides is 1. The summed E-state index contributed by atoms with van der Waals surface area (Å²) >= 11 is 0. The van der Waals surface area contributed by atoms with E-state index in [4.69, 9.17) is 5.10 Å². The van der Waals surface area contributed by atoms with Crippen molar-refractivity contribution in [1.29, 1.82) is 5.26 Å². The van der Waals surface area contributed by atoms with Crippen LogP contribution >= 0.6 is 0 Å². The largest absolute Gasteiger partial charge is 0.362 e. The number of halogens is 1. The molecule has 1 aromatic carbocycles. The quantitative estimate of drug-likeness (QED) is 0.388. The van der Waals surface area contributed by atoms with Gasteiger partial charge in [-0.3, -0.25) is 14.4 Å². The van der Waals surface area contributed by atoms with Crippen LogP contribution in [-0.2, 0) is 11.3 Å². The van der Waals surface area contributed by atoms with Crippen LogP contribution < -0.4 is 4.90 Å². The zero-order valence-electron chi connectivity index (χ0n) is 22.8.